The average Bonchev–Trinajstić information content (AvgIpc) is 2.67. The maximum Gasteiger partial charge on any atom is 0.0942 e. The van der Waals surface area contributed by atoms with E-state index in [9.17, 15) is 0 Å². The van der Waals surface area contributed by atoms with Crippen LogP contribution in [0, 0.1) is 0 Å². The molecule has 7 nitrogen and oxygen atoms in total. The van der Waals surface area contributed by atoms with Crippen molar-refractivity contribution >= 4 is 36.6 Å². The van der Waals surface area contributed by atoms with E-state index in [-0.39, 0.29) is 37.5 Å². The molecular weight excluding hydrogens is 595 g/mol. The zero-order valence-electron chi connectivity index (χ0n) is 15.7. The fourth-order valence-corrected chi connectivity index (χ4v) is 3.31. The predicted molar refractivity (Wildman–Crippen MR) is 112 cm³/mol. The second kappa shape index (κ2) is 13.6. The second-order valence-electron chi connectivity index (χ2n) is 6.46. The van der Waals surface area contributed by atoms with E-state index in [1.807, 2.05) is 24.3 Å². The molecule has 0 aliphatic heterocycles. The van der Waals surface area contributed by atoms with Gasteiger partial charge in [-0.3, -0.25) is 20.8 Å². The van der Waals surface area contributed by atoms with E-state index < -0.39 is 0 Å². The van der Waals surface area contributed by atoms with Crippen LogP contribution >= 0.6 is 0 Å². The quantitative estimate of drug-likeness (QED) is 0.172. The monoisotopic (exact) mass is 620 g/mol. The molecule has 0 saturated carbocycles. The Morgan fingerprint density at radius 3 is 1.28 bits per heavy atom. The summed E-state index contributed by atoms with van der Waals surface area (Å²) in [6, 6.07) is 14.0. The molecule has 10 heteroatoms. The van der Waals surface area contributed by atoms with Crippen molar-refractivity contribution in [1.82, 2.24) is 4.90 Å². The van der Waals surface area contributed by atoms with Gasteiger partial charge >= 0.3 is 0 Å². The van der Waals surface area contributed by atoms with Crippen molar-refractivity contribution in [3.05, 3.63) is 59.7 Å². The third-order valence-corrected chi connectivity index (χ3v) is 5.05. The van der Waals surface area contributed by atoms with Crippen molar-refractivity contribution in [2.45, 2.75) is 30.4 Å². The zero-order valence-corrected chi connectivity index (χ0v) is 19.5. The Morgan fingerprint density at radius 1 is 0.655 bits per heavy atom. The maximum absolute atomic E-state index is 8.96. The second-order valence-corrected chi connectivity index (χ2v) is 7.65. The molecule has 0 heterocycles. The molecule has 0 atom stereocenters. The summed E-state index contributed by atoms with van der Waals surface area (Å²) in [5.74, 6) is 0. The van der Waals surface area contributed by atoms with E-state index in [4.69, 9.17) is 46.1 Å². The largest absolute Gasteiger partial charge is 0.800 e. The van der Waals surface area contributed by atoms with Crippen LogP contribution in [0.25, 0.3) is 0 Å². The van der Waals surface area contributed by atoms with E-state index in [1.165, 1.54) is 0 Å². The van der Waals surface area contributed by atoms with Gasteiger partial charge in [0.2, 0.25) is 0 Å². The molecule has 0 unspecified atom stereocenters. The van der Waals surface area contributed by atoms with Crippen LogP contribution in [0.5, 0.6) is 0 Å². The van der Waals surface area contributed by atoms with Gasteiger partial charge in [0.15, 0.2) is 0 Å². The number of rotatable bonds is 11. The molecule has 1 radical (unpaired) electrons. The summed E-state index contributed by atoms with van der Waals surface area (Å²) in [4.78, 5) is 2.10. The maximum atomic E-state index is 8.96. The molecule has 165 valence electrons. The summed E-state index contributed by atoms with van der Waals surface area (Å²) in [5, 5.41) is 36.0. The van der Waals surface area contributed by atoms with Crippen LogP contribution in [0.2, 0.25) is 0 Å². The van der Waals surface area contributed by atoms with Gasteiger partial charge < -0.3 is 30.2 Å². The van der Waals surface area contributed by atoms with Crippen LogP contribution in [0.4, 0.5) is 11.4 Å². The summed E-state index contributed by atoms with van der Waals surface area (Å²) >= 11 is 10.5. The molecule has 2 aromatic rings. The molecule has 0 amide bonds. The normalized spacial score (nSPS) is 10.9. The summed E-state index contributed by atoms with van der Waals surface area (Å²) in [6.45, 7) is 1.60. The van der Waals surface area contributed by atoms with Crippen LogP contribution in [-0.4, -0.2) is 43.5 Å². The molecule has 0 saturated heterocycles. The van der Waals surface area contributed by atoms with Gasteiger partial charge in [0, 0.05) is 22.4 Å². The molecular formula is C19H25AuN3O4S2-2. The Bertz CT molecular complexity index is 646. The Balaban J connectivity index is 0.00000420. The Labute approximate surface area is 197 Å². The number of anilines is 2. The van der Waals surface area contributed by atoms with Crippen molar-refractivity contribution in [1.29, 1.82) is 0 Å². The van der Waals surface area contributed by atoms with Gasteiger partial charge in [0.1, 0.15) is 0 Å². The zero-order chi connectivity index (χ0) is 20.5. The Morgan fingerprint density at radius 2 is 1.00 bits per heavy atom. The number of benzene rings is 2. The summed E-state index contributed by atoms with van der Waals surface area (Å²) in [5.41, 5.74) is 2.86. The van der Waals surface area contributed by atoms with Crippen LogP contribution in [-0.2, 0) is 60.5 Å². The van der Waals surface area contributed by atoms with Gasteiger partial charge in [-0.05, 0) is 74.2 Å². The Hall–Kier alpha value is -0.720. The van der Waals surface area contributed by atoms with E-state index in [1.54, 1.807) is 24.3 Å². The molecule has 2 rings (SSSR count). The number of hydrogen-bond acceptors (Lipinski definition) is 9. The first kappa shape index (κ1) is 26.3. The predicted octanol–water partition coefficient (Wildman–Crippen LogP) is 3.10. The smallest absolute Gasteiger partial charge is 0.0942 e. The first-order chi connectivity index (χ1) is 13.4. The molecule has 0 aliphatic rings. The van der Waals surface area contributed by atoms with Gasteiger partial charge in [-0.1, -0.05) is 24.3 Å². The fraction of sp³-hybridized carbons (Fsp3) is 0.368. The minimum atomic E-state index is -0.362. The molecule has 0 fully saturated rings. The molecule has 4 N–H and O–H groups in total. The minimum Gasteiger partial charge on any atom is -0.800 e. The Kier molecular flexibility index (Phi) is 12.3. The van der Waals surface area contributed by atoms with Gasteiger partial charge in [-0.2, -0.15) is 0 Å². The average molecular weight is 621 g/mol. The van der Waals surface area contributed by atoms with E-state index in [0.717, 1.165) is 49.9 Å². The molecule has 0 spiro atoms. The van der Waals surface area contributed by atoms with Crippen molar-refractivity contribution in [3.8, 4) is 0 Å². The molecule has 0 bridgehead atoms. The molecule has 0 aliphatic carbocycles. The van der Waals surface area contributed by atoms with E-state index >= 15 is 0 Å². The van der Waals surface area contributed by atoms with E-state index in [2.05, 4.69) is 4.90 Å². The summed E-state index contributed by atoms with van der Waals surface area (Å²) < 4.78 is -0.362. The van der Waals surface area contributed by atoms with E-state index in [0.29, 0.717) is 11.4 Å². The summed E-state index contributed by atoms with van der Waals surface area (Å²) in [7, 11) is 0. The standard InChI is InChI=1S/C19H27N3O4S2.Au/c23-21(24)17-9-5-15(6-10-17)3-1-13-20(19(27)28)14-2-4-16-7-11-18(12-8-16)22(25)26;/h5-12,19,23-28H,1-4,13-14H2;/p-2. The van der Waals surface area contributed by atoms with Crippen LogP contribution < -0.4 is 10.5 Å². The van der Waals surface area contributed by atoms with Crippen molar-refractivity contribution in [3.63, 3.8) is 0 Å². The number of aryl methyl sites for hydroxylation is 2. The van der Waals surface area contributed by atoms with Gasteiger partial charge in [-0.15, -0.1) is 10.5 Å². The van der Waals surface area contributed by atoms with Crippen LogP contribution in [0.1, 0.15) is 24.0 Å². The number of nitrogens with zero attached hydrogens (tertiary/aromatic N) is 3. The number of hydrogen-bond donors (Lipinski definition) is 4. The first-order valence-corrected chi connectivity index (χ1v) is 9.90. The van der Waals surface area contributed by atoms with Gasteiger partial charge in [-0.25, -0.2) is 4.71 Å². The molecule has 2 aromatic carbocycles. The van der Waals surface area contributed by atoms with Crippen molar-refractivity contribution < 1.29 is 43.2 Å². The van der Waals surface area contributed by atoms with Crippen LogP contribution in [0.3, 0.4) is 0 Å². The van der Waals surface area contributed by atoms with Crippen LogP contribution in [0.15, 0.2) is 48.5 Å². The first-order valence-electron chi connectivity index (χ1n) is 8.96. The van der Waals surface area contributed by atoms with Crippen molar-refractivity contribution in [2.75, 3.05) is 23.5 Å². The van der Waals surface area contributed by atoms with Gasteiger partial charge in [0.25, 0.3) is 0 Å². The van der Waals surface area contributed by atoms with Gasteiger partial charge in [0.05, 0.1) is 11.4 Å². The topological polar surface area (TPSA) is 90.6 Å². The molecule has 29 heavy (non-hydrogen) atoms. The van der Waals surface area contributed by atoms with Crippen molar-refractivity contribution in [2.24, 2.45) is 0 Å². The molecule has 0 aromatic heterocycles. The minimum absolute atomic E-state index is 0. The fourth-order valence-electron chi connectivity index (χ4n) is 2.89. The third kappa shape index (κ3) is 9.31. The summed E-state index contributed by atoms with van der Waals surface area (Å²) in [6.07, 6.45) is 3.52. The third-order valence-electron chi connectivity index (χ3n) is 4.45. The SMILES string of the molecule is ON(O)c1ccc(CCCN(CCCc2ccc(N(O)O)cc2)C([S-])[S-])cc1.[Au].